The van der Waals surface area contributed by atoms with Gasteiger partial charge in [0.05, 0.1) is 5.69 Å². The number of aromatic nitrogens is 2. The maximum absolute atomic E-state index is 12.1. The van der Waals surface area contributed by atoms with Crippen LogP contribution in [0.1, 0.15) is 46.5 Å². The number of carbonyl (C=O) groups is 3. The highest BCUT2D eigenvalue weighted by Gasteiger charge is 2.18. The molecule has 1 amide bonds. The molecule has 1 aromatic carbocycles. The predicted octanol–water partition coefficient (Wildman–Crippen LogP) is 2.73. The van der Waals surface area contributed by atoms with Gasteiger partial charge in [0.15, 0.2) is 17.3 Å². The molecule has 0 spiro atoms. The van der Waals surface area contributed by atoms with Gasteiger partial charge in [0.1, 0.15) is 0 Å². The highest BCUT2D eigenvalue weighted by molar-refractivity contribution is 7.07. The number of aryl methyl sites for hydroxylation is 1. The molecular weight excluding hydrogens is 342 g/mol. The van der Waals surface area contributed by atoms with Crippen LogP contribution >= 0.6 is 11.5 Å². The summed E-state index contributed by atoms with van der Waals surface area (Å²) in [6.45, 7) is 5.09. The zero-order valence-corrected chi connectivity index (χ0v) is 15.1. The van der Waals surface area contributed by atoms with Crippen molar-refractivity contribution in [2.24, 2.45) is 5.92 Å². The Balaban J connectivity index is 1.92. The number of hydrogen-bond acceptors (Lipinski definition) is 7. The Kier molecular flexibility index (Phi) is 6.35. The lowest BCUT2D eigenvalue weighted by Gasteiger charge is -2.08. The second kappa shape index (κ2) is 8.48. The summed E-state index contributed by atoms with van der Waals surface area (Å²) < 4.78 is 8.76. The number of Topliss-reactive ketones (excluding diaryl/α,β-unsaturated/α-hetero) is 1. The quantitative estimate of drug-likeness (QED) is 0.601. The number of nitrogens with one attached hydrogen (secondary N) is 1. The molecule has 0 unspecified atom stereocenters. The lowest BCUT2D eigenvalue weighted by Crippen LogP contribution is -2.18. The van der Waals surface area contributed by atoms with E-state index in [1.165, 1.54) is 0 Å². The van der Waals surface area contributed by atoms with Gasteiger partial charge in [-0.25, -0.2) is 4.79 Å². The fourth-order valence-corrected chi connectivity index (χ4v) is 2.55. The number of amides is 1. The maximum atomic E-state index is 12.1. The number of esters is 1. The molecule has 1 N–H and O–H groups in total. The monoisotopic (exact) mass is 361 g/mol. The number of anilines is 1. The van der Waals surface area contributed by atoms with Crippen molar-refractivity contribution in [3.63, 3.8) is 0 Å². The third-order valence-electron chi connectivity index (χ3n) is 3.41. The Morgan fingerprint density at radius 1 is 1.20 bits per heavy atom. The second-order valence-corrected chi connectivity index (χ2v) is 6.38. The van der Waals surface area contributed by atoms with Crippen LogP contribution in [0.4, 0.5) is 5.69 Å². The standard InChI is InChI=1S/C17H19N3O4S/c1-4-13-15(25-20-19-13)17(23)24-9-14(21)11-5-7-12(8-6-11)18-16(22)10(2)3/h5-8,10H,4,9H2,1-3H3,(H,18,22). The van der Waals surface area contributed by atoms with Crippen LogP contribution in [0.25, 0.3) is 0 Å². The van der Waals surface area contributed by atoms with E-state index >= 15 is 0 Å². The third kappa shape index (κ3) is 4.93. The molecule has 7 nitrogen and oxygen atoms in total. The molecule has 2 aromatic rings. The third-order valence-corrected chi connectivity index (χ3v) is 4.16. The predicted molar refractivity (Wildman–Crippen MR) is 93.8 cm³/mol. The molecule has 0 saturated carbocycles. The number of hydrogen-bond donors (Lipinski definition) is 1. The Labute approximate surface area is 149 Å². The van der Waals surface area contributed by atoms with Crippen LogP contribution in [0.3, 0.4) is 0 Å². The average Bonchev–Trinajstić information content (AvgIpc) is 3.08. The summed E-state index contributed by atoms with van der Waals surface area (Å²) in [7, 11) is 0. The van der Waals surface area contributed by atoms with Gasteiger partial charge in [0.2, 0.25) is 5.91 Å². The van der Waals surface area contributed by atoms with Crippen LogP contribution in [-0.4, -0.2) is 33.9 Å². The molecule has 0 fully saturated rings. The normalized spacial score (nSPS) is 10.6. The molecule has 0 aliphatic heterocycles. The smallest absolute Gasteiger partial charge is 0.352 e. The number of carbonyl (C=O) groups excluding carboxylic acids is 3. The maximum Gasteiger partial charge on any atom is 0.352 e. The zero-order chi connectivity index (χ0) is 18.4. The van der Waals surface area contributed by atoms with Crippen molar-refractivity contribution < 1.29 is 19.1 Å². The minimum atomic E-state index is -0.596. The molecule has 0 atom stereocenters. The molecule has 0 saturated heterocycles. The molecule has 0 aliphatic carbocycles. The van der Waals surface area contributed by atoms with Crippen LogP contribution in [0, 0.1) is 5.92 Å². The molecule has 1 aromatic heterocycles. The number of benzene rings is 1. The Morgan fingerprint density at radius 3 is 2.48 bits per heavy atom. The summed E-state index contributed by atoms with van der Waals surface area (Å²) in [5.74, 6) is -1.15. The van der Waals surface area contributed by atoms with Gasteiger partial charge in [-0.3, -0.25) is 9.59 Å². The molecule has 132 valence electrons. The molecule has 0 bridgehead atoms. The van der Waals surface area contributed by atoms with Gasteiger partial charge >= 0.3 is 5.97 Å². The number of rotatable bonds is 7. The van der Waals surface area contributed by atoms with E-state index in [1.54, 1.807) is 38.1 Å². The number of nitrogens with zero attached hydrogens (tertiary/aromatic N) is 2. The first kappa shape index (κ1) is 18.7. The van der Waals surface area contributed by atoms with Crippen molar-refractivity contribution in [2.75, 3.05) is 11.9 Å². The minimum Gasteiger partial charge on any atom is -0.453 e. The van der Waals surface area contributed by atoms with E-state index in [0.717, 1.165) is 11.5 Å². The van der Waals surface area contributed by atoms with Gasteiger partial charge in [0.25, 0.3) is 0 Å². The van der Waals surface area contributed by atoms with E-state index in [0.29, 0.717) is 28.2 Å². The first-order chi connectivity index (χ1) is 11.9. The molecule has 25 heavy (non-hydrogen) atoms. The highest BCUT2D eigenvalue weighted by atomic mass is 32.1. The SMILES string of the molecule is CCc1nnsc1C(=O)OCC(=O)c1ccc(NC(=O)C(C)C)cc1. The van der Waals surface area contributed by atoms with Gasteiger partial charge in [-0.2, -0.15) is 0 Å². The Bertz CT molecular complexity index is 768. The van der Waals surface area contributed by atoms with Crippen molar-refractivity contribution in [1.29, 1.82) is 0 Å². The molecular formula is C17H19N3O4S. The van der Waals surface area contributed by atoms with Gasteiger partial charge in [-0.05, 0) is 42.2 Å². The molecule has 1 heterocycles. The summed E-state index contributed by atoms with van der Waals surface area (Å²) in [5, 5.41) is 6.58. The van der Waals surface area contributed by atoms with Crippen molar-refractivity contribution in [3.8, 4) is 0 Å². The fraction of sp³-hybridized carbons (Fsp3) is 0.353. The van der Waals surface area contributed by atoms with Crippen molar-refractivity contribution >= 4 is 34.9 Å². The van der Waals surface area contributed by atoms with Gasteiger partial charge in [-0.1, -0.05) is 25.3 Å². The Morgan fingerprint density at radius 2 is 1.88 bits per heavy atom. The summed E-state index contributed by atoms with van der Waals surface area (Å²) in [4.78, 5) is 36.0. The van der Waals surface area contributed by atoms with Crippen molar-refractivity contribution in [2.45, 2.75) is 27.2 Å². The van der Waals surface area contributed by atoms with Crippen LogP contribution in [-0.2, 0) is 16.0 Å². The number of ether oxygens (including phenoxy) is 1. The van der Waals surface area contributed by atoms with E-state index in [-0.39, 0.29) is 24.2 Å². The first-order valence-electron chi connectivity index (χ1n) is 7.84. The molecule has 2 rings (SSSR count). The molecule has 8 heteroatoms. The summed E-state index contributed by atoms with van der Waals surface area (Å²) in [6, 6.07) is 6.44. The number of ketones is 1. The van der Waals surface area contributed by atoms with E-state index in [1.807, 2.05) is 6.92 Å². The first-order valence-corrected chi connectivity index (χ1v) is 8.62. The van der Waals surface area contributed by atoms with Crippen LogP contribution in [0.15, 0.2) is 24.3 Å². The topological polar surface area (TPSA) is 98.2 Å². The van der Waals surface area contributed by atoms with E-state index in [2.05, 4.69) is 14.9 Å². The van der Waals surface area contributed by atoms with Gasteiger partial charge in [0, 0.05) is 17.2 Å². The summed E-state index contributed by atoms with van der Waals surface area (Å²) in [6.07, 6.45) is 0.568. The Hall–Kier alpha value is -2.61. The summed E-state index contributed by atoms with van der Waals surface area (Å²) in [5.41, 5.74) is 1.57. The fourth-order valence-electron chi connectivity index (χ4n) is 1.90. The van der Waals surface area contributed by atoms with Gasteiger partial charge < -0.3 is 10.1 Å². The van der Waals surface area contributed by atoms with Crippen molar-refractivity contribution in [3.05, 3.63) is 40.4 Å². The zero-order valence-electron chi connectivity index (χ0n) is 14.2. The van der Waals surface area contributed by atoms with Crippen LogP contribution in [0.2, 0.25) is 0 Å². The minimum absolute atomic E-state index is 0.0992. The van der Waals surface area contributed by atoms with Crippen molar-refractivity contribution in [1.82, 2.24) is 9.59 Å². The average molecular weight is 361 g/mol. The van der Waals surface area contributed by atoms with Crippen LogP contribution in [0.5, 0.6) is 0 Å². The van der Waals surface area contributed by atoms with E-state index in [4.69, 9.17) is 4.74 Å². The van der Waals surface area contributed by atoms with E-state index < -0.39 is 5.97 Å². The van der Waals surface area contributed by atoms with Gasteiger partial charge in [-0.15, -0.1) is 5.10 Å². The van der Waals surface area contributed by atoms with Crippen LogP contribution < -0.4 is 5.32 Å². The lowest BCUT2D eigenvalue weighted by atomic mass is 10.1. The molecule has 0 radical (unpaired) electrons. The second-order valence-electron chi connectivity index (χ2n) is 5.62. The largest absolute Gasteiger partial charge is 0.453 e. The summed E-state index contributed by atoms with van der Waals surface area (Å²) >= 11 is 0.952. The van der Waals surface area contributed by atoms with E-state index in [9.17, 15) is 14.4 Å². The highest BCUT2D eigenvalue weighted by Crippen LogP contribution is 2.14. The molecule has 0 aliphatic rings. The lowest BCUT2D eigenvalue weighted by molar-refractivity contribution is -0.118.